The molecule has 0 heterocycles. The Morgan fingerprint density at radius 2 is 1.77 bits per heavy atom. The molecule has 39 heavy (non-hydrogen) atoms. The van der Waals surface area contributed by atoms with Crippen LogP contribution in [0, 0.1) is 6.07 Å². The predicted molar refractivity (Wildman–Crippen MR) is 139 cm³/mol. The number of carbonyl (C=O) groups excluding carboxylic acids is 5. The Morgan fingerprint density at radius 1 is 1.13 bits per heavy atom. The van der Waals surface area contributed by atoms with E-state index in [1.807, 2.05) is 12.1 Å². The second-order valence-corrected chi connectivity index (χ2v) is 7.17. The standard InChI is InChI=1S/C14H23N2O6.C10H11BNO2.CH4.K.Y/c1-2-13(19)15-5-7-21-8-9-22-11-14(20)16-12(10-18)4-3-6-17;1-12-7-9(14-10(11)13)8-5-3-2-4-6-8;;;/h6,12H,2-5,7-9,11H2,1H3,(H,15,19)(H,16,20);3-6,9,12H,7H2,1H3;1H4;;/q2*-1;;+1;. The molecule has 0 fully saturated rings. The van der Waals surface area contributed by atoms with Gasteiger partial charge >= 0.3 is 51.4 Å². The summed E-state index contributed by atoms with van der Waals surface area (Å²) in [5.74, 6) is -1.25. The second kappa shape index (κ2) is 32.2. The van der Waals surface area contributed by atoms with E-state index in [4.69, 9.17) is 22.1 Å². The van der Waals surface area contributed by atoms with Crippen LogP contribution in [0.2, 0.25) is 0 Å². The van der Waals surface area contributed by atoms with Gasteiger partial charge in [0.15, 0.2) is 0 Å². The average Bonchev–Trinajstić information content (AvgIpc) is 2.88. The Hall–Kier alpha value is -0.345. The number of aldehydes is 1. The van der Waals surface area contributed by atoms with E-state index in [0.717, 1.165) is 5.56 Å². The number of benzene rings is 1. The van der Waals surface area contributed by atoms with E-state index in [-0.39, 0.29) is 130 Å². The van der Waals surface area contributed by atoms with Crippen molar-refractivity contribution >= 4 is 38.1 Å². The van der Waals surface area contributed by atoms with Crippen LogP contribution < -0.4 is 67.3 Å². The molecule has 3 radical (unpaired) electrons. The van der Waals surface area contributed by atoms with Gasteiger partial charge in [0.05, 0.1) is 19.8 Å². The van der Waals surface area contributed by atoms with Crippen molar-refractivity contribution in [3.63, 3.8) is 0 Å². The number of hydrogen-bond donors (Lipinski definition) is 3. The summed E-state index contributed by atoms with van der Waals surface area (Å²) in [5, 5.41) is 7.98. The third-order valence-electron chi connectivity index (χ3n) is 4.31. The minimum Gasteiger partial charge on any atom is -0.540 e. The van der Waals surface area contributed by atoms with E-state index >= 15 is 0 Å². The predicted octanol–water partition coefficient (Wildman–Crippen LogP) is -2.19. The first-order valence-corrected chi connectivity index (χ1v) is 11.5. The van der Waals surface area contributed by atoms with Gasteiger partial charge in [-0.25, -0.2) is 6.29 Å². The molecule has 0 aromatic heterocycles. The normalized spacial score (nSPS) is 10.8. The summed E-state index contributed by atoms with van der Waals surface area (Å²) in [5.41, 5.74) is 0.900. The molecular formula is C25H38BKN3O8Y-. The van der Waals surface area contributed by atoms with Crippen LogP contribution in [0.15, 0.2) is 24.3 Å². The van der Waals surface area contributed by atoms with Gasteiger partial charge in [0.2, 0.25) is 25.5 Å². The van der Waals surface area contributed by atoms with Crippen LogP contribution in [0.25, 0.3) is 0 Å². The Bertz CT molecular complexity index is 781. The Morgan fingerprint density at radius 3 is 2.31 bits per heavy atom. The number of ether oxygens (including phenoxy) is 3. The molecule has 2 amide bonds. The smallest absolute Gasteiger partial charge is 0.540 e. The molecule has 14 heteroatoms. The maximum Gasteiger partial charge on any atom is 1.00 e. The van der Waals surface area contributed by atoms with Gasteiger partial charge in [0.25, 0.3) is 0 Å². The summed E-state index contributed by atoms with van der Waals surface area (Å²) < 4.78 is 15.2. The topological polar surface area (TPSA) is 149 Å². The molecule has 0 aliphatic rings. The van der Waals surface area contributed by atoms with Gasteiger partial charge in [0, 0.05) is 58.6 Å². The summed E-state index contributed by atoms with van der Waals surface area (Å²) >= 11 is 0. The molecule has 1 aromatic rings. The van der Waals surface area contributed by atoms with Crippen molar-refractivity contribution in [2.45, 2.75) is 45.8 Å². The number of likely N-dealkylation sites (N-methyl/N-ethyl adjacent to an activating group) is 1. The Kier molecular flexibility index (Phi) is 37.6. The van der Waals surface area contributed by atoms with Crippen LogP contribution >= 0.6 is 0 Å². The molecule has 0 spiro atoms. The van der Waals surface area contributed by atoms with Crippen LogP contribution in [0.1, 0.15) is 45.3 Å². The third kappa shape index (κ3) is 27.6. The van der Waals surface area contributed by atoms with E-state index < -0.39 is 17.8 Å². The molecule has 0 saturated carbocycles. The minimum absolute atomic E-state index is 0. The van der Waals surface area contributed by atoms with Gasteiger partial charge in [0.1, 0.15) is 19.0 Å². The van der Waals surface area contributed by atoms with Gasteiger partial charge in [-0.05, 0) is 7.05 Å². The van der Waals surface area contributed by atoms with E-state index in [1.54, 1.807) is 32.4 Å². The maximum atomic E-state index is 11.4. The molecular weight excluding hydrogens is 609 g/mol. The molecule has 3 N–H and O–H groups in total. The van der Waals surface area contributed by atoms with Crippen LogP contribution in [0.5, 0.6) is 0 Å². The maximum absolute atomic E-state index is 11.4. The molecule has 209 valence electrons. The fourth-order valence-corrected chi connectivity index (χ4v) is 2.57. The van der Waals surface area contributed by atoms with E-state index in [9.17, 15) is 24.0 Å². The van der Waals surface area contributed by atoms with Gasteiger partial charge in [-0.15, -0.1) is 5.56 Å². The van der Waals surface area contributed by atoms with Crippen LogP contribution in [0.4, 0.5) is 4.79 Å². The fourth-order valence-electron chi connectivity index (χ4n) is 2.57. The van der Waals surface area contributed by atoms with Crippen LogP contribution in [-0.2, 0) is 66.1 Å². The zero-order valence-electron chi connectivity index (χ0n) is 22.3. The van der Waals surface area contributed by atoms with Crippen LogP contribution in [0.3, 0.4) is 0 Å². The number of hydrogen-bond acceptors (Lipinski definition) is 9. The summed E-state index contributed by atoms with van der Waals surface area (Å²) in [7, 11) is 6.75. The zero-order chi connectivity index (χ0) is 27.0. The summed E-state index contributed by atoms with van der Waals surface area (Å²) in [6, 6.07) is 9.31. The van der Waals surface area contributed by atoms with Gasteiger partial charge in [-0.3, -0.25) is 14.4 Å². The molecule has 1 aromatic carbocycles. The van der Waals surface area contributed by atoms with E-state index in [0.29, 0.717) is 39.0 Å². The van der Waals surface area contributed by atoms with Crippen molar-refractivity contribution in [2.75, 3.05) is 46.6 Å². The first kappa shape index (κ1) is 45.6. The van der Waals surface area contributed by atoms with E-state index in [1.165, 1.54) is 0 Å². The van der Waals surface area contributed by atoms with E-state index in [2.05, 4.69) is 22.0 Å². The van der Waals surface area contributed by atoms with Crippen molar-refractivity contribution in [3.8, 4) is 0 Å². The van der Waals surface area contributed by atoms with Crippen molar-refractivity contribution < 1.29 is 122 Å². The Labute approximate surface area is 301 Å². The third-order valence-corrected chi connectivity index (χ3v) is 4.31. The van der Waals surface area contributed by atoms with Gasteiger partial charge in [-0.2, -0.15) is 30.3 Å². The summed E-state index contributed by atoms with van der Waals surface area (Å²) in [4.78, 5) is 53.7. The van der Waals surface area contributed by atoms with Gasteiger partial charge < -0.3 is 39.8 Å². The zero-order valence-corrected chi connectivity index (χ0v) is 28.3. The molecule has 2 unspecified atom stereocenters. The monoisotopic (exact) mass is 647 g/mol. The van der Waals surface area contributed by atoms with Crippen molar-refractivity contribution in [1.82, 2.24) is 16.0 Å². The summed E-state index contributed by atoms with van der Waals surface area (Å²) in [6.07, 6.45) is 2.83. The second-order valence-electron chi connectivity index (χ2n) is 7.17. The van der Waals surface area contributed by atoms with Crippen LogP contribution in [-0.4, -0.2) is 90.7 Å². The minimum atomic E-state index is -0.792. The number of carbonyl (C=O) groups is 4. The SMILES string of the molecule is C.CCC(=O)NCCOCCOCC(=O)NC([C-]=O)CCC=O.[B]C(=O)OC(CNC)c1cc[c-]cc1.[K+].[Y]. The Balaban J connectivity index is -0.000000314. The molecule has 11 nitrogen and oxygen atoms in total. The van der Waals surface area contributed by atoms with Crippen molar-refractivity contribution in [2.24, 2.45) is 0 Å². The first-order chi connectivity index (χ1) is 17.4. The summed E-state index contributed by atoms with van der Waals surface area (Å²) in [6.45, 7) is 3.42. The number of rotatable bonds is 18. The van der Waals surface area contributed by atoms with Crippen molar-refractivity contribution in [1.29, 1.82) is 0 Å². The molecule has 1 rings (SSSR count). The molecule has 0 aliphatic heterocycles. The number of amides is 2. The molecule has 0 bridgehead atoms. The molecule has 2 atom stereocenters. The first-order valence-electron chi connectivity index (χ1n) is 11.5. The molecule has 0 aliphatic carbocycles. The number of nitrogens with one attached hydrogen (secondary N) is 3. The fraction of sp³-hybridized carbons (Fsp3) is 0.560. The van der Waals surface area contributed by atoms with Crippen molar-refractivity contribution in [3.05, 3.63) is 35.9 Å². The quantitative estimate of drug-likeness (QED) is 0.0700. The largest absolute Gasteiger partial charge is 1.00 e. The molecule has 0 saturated heterocycles. The average molecular weight is 647 g/mol. The van der Waals surface area contributed by atoms with Gasteiger partial charge in [-0.1, -0.05) is 26.8 Å².